The Labute approximate surface area is 323 Å². The number of nitrogens with zero attached hydrogens (tertiary/aromatic N) is 2. The van der Waals surface area contributed by atoms with Gasteiger partial charge in [0, 0.05) is 13.2 Å². The Bertz CT molecular complexity index is 975. The fourth-order valence-corrected chi connectivity index (χ4v) is 7.20. The molecule has 0 bridgehead atoms. The van der Waals surface area contributed by atoms with E-state index in [4.69, 9.17) is 9.47 Å². The number of rotatable bonds is 37. The minimum Gasteiger partial charge on any atom is -0.377 e. The van der Waals surface area contributed by atoms with Crippen LogP contribution in [0.2, 0.25) is 0 Å². The highest BCUT2D eigenvalue weighted by Gasteiger charge is 2.04. The summed E-state index contributed by atoms with van der Waals surface area (Å²) in [4.78, 5) is 5.01. The Morgan fingerprint density at radius 2 is 0.692 bits per heavy atom. The normalized spacial score (nSPS) is 11.7. The largest absolute Gasteiger partial charge is 0.377 e. The van der Waals surface area contributed by atoms with Gasteiger partial charge in [0.15, 0.2) is 0 Å². The summed E-state index contributed by atoms with van der Waals surface area (Å²) in [7, 11) is 4.56. The zero-order valence-corrected chi connectivity index (χ0v) is 35.0. The van der Waals surface area contributed by atoms with Gasteiger partial charge in [0.25, 0.3) is 0 Å². The molecular formula is C48H84N2O2. The van der Waals surface area contributed by atoms with E-state index in [1.807, 2.05) is 0 Å². The predicted molar refractivity (Wildman–Crippen MR) is 228 cm³/mol. The molecule has 0 aliphatic carbocycles. The second kappa shape index (κ2) is 33.8. The molecule has 0 heterocycles. The third-order valence-corrected chi connectivity index (χ3v) is 10.7. The van der Waals surface area contributed by atoms with Crippen LogP contribution in [-0.4, -0.2) is 63.3 Å². The predicted octanol–water partition coefficient (Wildman–Crippen LogP) is 13.7. The molecule has 0 N–H and O–H groups in total. The van der Waals surface area contributed by atoms with Crippen LogP contribution in [0.25, 0.3) is 11.1 Å². The Morgan fingerprint density at radius 3 is 1.04 bits per heavy atom. The summed E-state index contributed by atoms with van der Waals surface area (Å²) in [6.07, 6.45) is 32.8. The number of benzene rings is 2. The molecule has 0 aromatic heterocycles. The van der Waals surface area contributed by atoms with Crippen LogP contribution >= 0.6 is 0 Å². The first-order chi connectivity index (χ1) is 25.6. The fourth-order valence-electron chi connectivity index (χ4n) is 7.20. The maximum Gasteiger partial charge on any atom is 0.0717 e. The first-order valence-corrected chi connectivity index (χ1v) is 22.3. The molecule has 2 rings (SSSR count). The fraction of sp³-hybridized carbons (Fsp3) is 0.750. The van der Waals surface area contributed by atoms with Gasteiger partial charge in [0.05, 0.1) is 13.2 Å². The standard InChI is InChI=1S/C48H84N2O2/c1-5-7-9-11-13-15-17-19-21-23-35-49(3)37-25-27-39-51-43-45-31-29-33-47(41-45)48-34-30-32-46(42-48)44-52-40-28-26-38-50(4)36-24-22-20-18-16-14-12-10-8-6-2/h29-34,41-42H,5-28,35-40,43-44H2,1-4H3. The Hall–Kier alpha value is -1.72. The molecule has 0 amide bonds. The monoisotopic (exact) mass is 721 g/mol. The molecule has 2 aromatic carbocycles. The number of hydrogen-bond acceptors (Lipinski definition) is 4. The van der Waals surface area contributed by atoms with Crippen molar-refractivity contribution < 1.29 is 9.47 Å². The van der Waals surface area contributed by atoms with Crippen molar-refractivity contribution in [2.24, 2.45) is 0 Å². The van der Waals surface area contributed by atoms with Crippen LogP contribution in [0.5, 0.6) is 0 Å². The van der Waals surface area contributed by atoms with Gasteiger partial charge in [0.1, 0.15) is 0 Å². The third-order valence-electron chi connectivity index (χ3n) is 10.7. The minimum absolute atomic E-state index is 0.680. The first kappa shape index (κ1) is 46.4. The second-order valence-corrected chi connectivity index (χ2v) is 15.9. The van der Waals surface area contributed by atoms with E-state index in [-0.39, 0.29) is 0 Å². The summed E-state index contributed by atoms with van der Waals surface area (Å²) in [6.45, 7) is 12.4. The molecule has 0 atom stereocenters. The van der Waals surface area contributed by atoms with Crippen molar-refractivity contribution >= 4 is 0 Å². The van der Waals surface area contributed by atoms with Crippen molar-refractivity contribution in [1.82, 2.24) is 9.80 Å². The second-order valence-electron chi connectivity index (χ2n) is 15.9. The number of ether oxygens (including phenoxy) is 2. The van der Waals surface area contributed by atoms with Crippen LogP contribution < -0.4 is 0 Å². The van der Waals surface area contributed by atoms with E-state index in [1.165, 1.54) is 190 Å². The molecule has 0 saturated carbocycles. The summed E-state index contributed by atoms with van der Waals surface area (Å²) in [5.74, 6) is 0. The molecular weight excluding hydrogens is 637 g/mol. The summed E-state index contributed by atoms with van der Waals surface area (Å²) < 4.78 is 12.2. The van der Waals surface area contributed by atoms with Gasteiger partial charge < -0.3 is 19.3 Å². The van der Waals surface area contributed by atoms with Crippen molar-refractivity contribution in [3.63, 3.8) is 0 Å². The van der Waals surface area contributed by atoms with E-state index in [1.54, 1.807) is 0 Å². The van der Waals surface area contributed by atoms with Crippen molar-refractivity contribution in [3.8, 4) is 11.1 Å². The van der Waals surface area contributed by atoms with Gasteiger partial charge in [-0.15, -0.1) is 0 Å². The maximum absolute atomic E-state index is 6.09. The molecule has 0 unspecified atom stereocenters. The van der Waals surface area contributed by atoms with Gasteiger partial charge in [-0.3, -0.25) is 0 Å². The van der Waals surface area contributed by atoms with Gasteiger partial charge >= 0.3 is 0 Å². The molecule has 4 heteroatoms. The zero-order valence-electron chi connectivity index (χ0n) is 35.0. The van der Waals surface area contributed by atoms with Gasteiger partial charge in [-0.25, -0.2) is 0 Å². The van der Waals surface area contributed by atoms with E-state index < -0.39 is 0 Å². The minimum atomic E-state index is 0.680. The van der Waals surface area contributed by atoms with Crippen molar-refractivity contribution in [2.75, 3.05) is 53.5 Å². The smallest absolute Gasteiger partial charge is 0.0717 e. The van der Waals surface area contributed by atoms with Crippen LogP contribution in [0.3, 0.4) is 0 Å². The number of unbranched alkanes of at least 4 members (excludes halogenated alkanes) is 20. The van der Waals surface area contributed by atoms with Crippen LogP contribution in [0, 0.1) is 0 Å². The van der Waals surface area contributed by atoms with Gasteiger partial charge in [-0.05, 0) is 113 Å². The lowest BCUT2D eigenvalue weighted by Gasteiger charge is -2.16. The summed E-state index contributed by atoms with van der Waals surface area (Å²) in [5, 5.41) is 0. The average molecular weight is 721 g/mol. The lowest BCUT2D eigenvalue weighted by atomic mass is 10.0. The molecule has 2 aromatic rings. The van der Waals surface area contributed by atoms with Gasteiger partial charge in [-0.2, -0.15) is 0 Å². The topological polar surface area (TPSA) is 24.9 Å². The molecule has 52 heavy (non-hydrogen) atoms. The maximum atomic E-state index is 6.09. The first-order valence-electron chi connectivity index (χ1n) is 22.3. The van der Waals surface area contributed by atoms with E-state index in [0.29, 0.717) is 13.2 Å². The molecule has 0 spiro atoms. The van der Waals surface area contributed by atoms with Crippen molar-refractivity contribution in [1.29, 1.82) is 0 Å². The van der Waals surface area contributed by atoms with Crippen molar-refractivity contribution in [2.45, 2.75) is 181 Å². The number of hydrogen-bond donors (Lipinski definition) is 0. The molecule has 4 nitrogen and oxygen atoms in total. The summed E-state index contributed by atoms with van der Waals surface area (Å²) in [6, 6.07) is 17.7. The highest BCUT2D eigenvalue weighted by molar-refractivity contribution is 5.64. The molecule has 0 aliphatic rings. The highest BCUT2D eigenvalue weighted by atomic mass is 16.5. The SMILES string of the molecule is CCCCCCCCCCCCN(C)CCCCOCc1cccc(-c2cccc(COCCCCN(C)CCCCCCCCCCCC)c2)c1. The van der Waals surface area contributed by atoms with E-state index in [9.17, 15) is 0 Å². The highest BCUT2D eigenvalue weighted by Crippen LogP contribution is 2.23. The van der Waals surface area contributed by atoms with Crippen LogP contribution in [0.1, 0.15) is 179 Å². The summed E-state index contributed by atoms with van der Waals surface area (Å²) >= 11 is 0. The molecule has 0 fully saturated rings. The Morgan fingerprint density at radius 1 is 0.385 bits per heavy atom. The lowest BCUT2D eigenvalue weighted by Crippen LogP contribution is -2.21. The average Bonchev–Trinajstić information content (AvgIpc) is 3.16. The molecule has 0 saturated heterocycles. The summed E-state index contributed by atoms with van der Waals surface area (Å²) in [5.41, 5.74) is 5.00. The molecule has 298 valence electrons. The van der Waals surface area contributed by atoms with E-state index >= 15 is 0 Å². The zero-order chi connectivity index (χ0) is 37.2. The van der Waals surface area contributed by atoms with Gasteiger partial charge in [-0.1, -0.05) is 166 Å². The molecule has 0 aliphatic heterocycles. The Kier molecular flexibility index (Phi) is 30.2. The molecule has 0 radical (unpaired) electrons. The van der Waals surface area contributed by atoms with Crippen LogP contribution in [0.15, 0.2) is 48.5 Å². The van der Waals surface area contributed by atoms with Gasteiger partial charge in [0.2, 0.25) is 0 Å². The van der Waals surface area contributed by atoms with E-state index in [0.717, 1.165) is 26.1 Å². The van der Waals surface area contributed by atoms with Crippen molar-refractivity contribution in [3.05, 3.63) is 59.7 Å². The lowest BCUT2D eigenvalue weighted by molar-refractivity contribution is 0.115. The quantitative estimate of drug-likeness (QED) is 0.0649. The third kappa shape index (κ3) is 26.1. The van der Waals surface area contributed by atoms with Crippen LogP contribution in [0.4, 0.5) is 0 Å². The Balaban J connectivity index is 1.48. The van der Waals surface area contributed by atoms with E-state index in [2.05, 4.69) is 86.3 Å². The van der Waals surface area contributed by atoms with Crippen LogP contribution in [-0.2, 0) is 22.7 Å².